The molecule has 3 aliphatic rings. The van der Waals surface area contributed by atoms with Crippen LogP contribution in [0.15, 0.2) is 22.2 Å². The molecule has 0 radical (unpaired) electrons. The van der Waals surface area contributed by atoms with Crippen LogP contribution < -0.4 is 22.6 Å². The number of hydrogen-bond donors (Lipinski definition) is 6. The second-order valence-corrected chi connectivity index (χ2v) is 18.6. The van der Waals surface area contributed by atoms with Gasteiger partial charge in [-0.25, -0.2) is 23.5 Å². The van der Waals surface area contributed by atoms with Gasteiger partial charge in [-0.15, -0.1) is 0 Å². The fourth-order valence-electron chi connectivity index (χ4n) is 5.75. The molecule has 4 aromatic rings. The predicted octanol–water partition coefficient (Wildman–Crippen LogP) is 0.217. The zero-order valence-electron chi connectivity index (χ0n) is 28.2. The SMILES string of the molecule is CC(C)(C)C(=O)OCSP1(=O)OC[C@H]2O[C@@H](n3cnc4c(=O)[nH]c(N)nc43)C(F)C2OP(=O)(O)OC[C@H]2O[C@@H](n3cnc4c(=O)[nH]c(N)nc43)C(O1)C2O. The first-order valence-electron chi connectivity index (χ1n) is 15.8. The number of fused-ring (bicyclic) bond motifs is 5. The van der Waals surface area contributed by atoms with Crippen molar-refractivity contribution in [3.63, 3.8) is 0 Å². The molecule has 0 saturated carbocycles. The molecule has 3 aliphatic heterocycles. The molecule has 8 N–H and O–H groups in total. The summed E-state index contributed by atoms with van der Waals surface area (Å²) in [6.07, 6.45) is -12.1. The van der Waals surface area contributed by atoms with Crippen LogP contribution in [-0.2, 0) is 46.2 Å². The average molecular weight is 823 g/mol. The van der Waals surface area contributed by atoms with Gasteiger partial charge in [0.2, 0.25) is 11.9 Å². The van der Waals surface area contributed by atoms with Crippen LogP contribution in [0.2, 0.25) is 0 Å². The molecule has 7 heterocycles. The second-order valence-electron chi connectivity index (χ2n) is 13.2. The summed E-state index contributed by atoms with van der Waals surface area (Å²) < 4.78 is 85.5. The molecule has 2 bridgehead atoms. The molecular weight excluding hydrogens is 789 g/mol. The van der Waals surface area contributed by atoms with Gasteiger partial charge in [0.15, 0.2) is 41.0 Å². The van der Waals surface area contributed by atoms with Gasteiger partial charge in [0.1, 0.15) is 36.5 Å². The van der Waals surface area contributed by atoms with Crippen LogP contribution in [0.25, 0.3) is 22.3 Å². The normalized spacial score (nSPS) is 33.6. The van der Waals surface area contributed by atoms with Crippen LogP contribution in [0.1, 0.15) is 33.2 Å². The minimum Gasteiger partial charge on any atom is -0.454 e. The summed E-state index contributed by atoms with van der Waals surface area (Å²) in [5.41, 5.74) is 8.23. The number of nitrogens with zero attached hydrogens (tertiary/aromatic N) is 6. The number of hydrogen-bond acceptors (Lipinski definition) is 20. The number of aromatic nitrogens is 8. The zero-order chi connectivity index (χ0) is 38.9. The number of anilines is 2. The van der Waals surface area contributed by atoms with Crippen molar-refractivity contribution in [3.8, 4) is 0 Å². The summed E-state index contributed by atoms with van der Waals surface area (Å²) in [5, 5.41) is 11.4. The van der Waals surface area contributed by atoms with E-state index >= 15 is 4.39 Å². The minimum atomic E-state index is -5.24. The van der Waals surface area contributed by atoms with Gasteiger partial charge in [-0.05, 0) is 20.8 Å². The molecule has 54 heavy (non-hydrogen) atoms. The Morgan fingerprint density at radius 3 is 2.11 bits per heavy atom. The van der Waals surface area contributed by atoms with Crippen molar-refractivity contribution in [3.05, 3.63) is 33.4 Å². The number of nitrogens with two attached hydrogens (primary N) is 2. The molecule has 3 fully saturated rings. The molecule has 294 valence electrons. The number of esters is 1. The van der Waals surface area contributed by atoms with E-state index in [9.17, 15) is 33.5 Å². The smallest absolute Gasteiger partial charge is 0.454 e. The maximum atomic E-state index is 16.3. The minimum absolute atomic E-state index is 0.143. The molecule has 3 saturated heterocycles. The number of imidazole rings is 2. The van der Waals surface area contributed by atoms with Crippen LogP contribution in [0.5, 0.6) is 0 Å². The fourth-order valence-corrected chi connectivity index (χ4v) is 9.48. The van der Waals surface area contributed by atoms with Crippen molar-refractivity contribution in [2.24, 2.45) is 5.41 Å². The monoisotopic (exact) mass is 822 g/mol. The van der Waals surface area contributed by atoms with E-state index in [0.717, 1.165) is 21.8 Å². The Hall–Kier alpha value is -3.81. The standard InChI is InChI=1S/C26H33FN10O14P2S/c1-26(2,3)23(41)45-8-54-53(44)47-5-10-15(11(27)21(49-10)36-6-30-12-17(36)32-24(28)34-19(12)39)50-52(42,43)46-4-9-14(38)16(51-53)22(48-9)37-7-31-13-18(37)33-25(29)35-20(13)40/h6-7,9-11,14-16,21-22,38H,4-5,8H2,1-3H3,(H,42,43)(H3,28,32,34,39)(H3,29,33,35,40)/t9-,10-,11?,14?,15?,16?,21-,22-,53?/m1/s1. The Balaban J connectivity index is 1.25. The highest BCUT2D eigenvalue weighted by atomic mass is 32.7. The van der Waals surface area contributed by atoms with Crippen molar-refractivity contribution in [2.75, 3.05) is 30.6 Å². The average Bonchev–Trinajstić information content (AvgIpc) is 3.83. The van der Waals surface area contributed by atoms with E-state index in [-0.39, 0.29) is 34.2 Å². The number of phosphoric ester groups is 1. The third kappa shape index (κ3) is 7.31. The lowest BCUT2D eigenvalue weighted by Gasteiger charge is -2.28. The number of nitrogen functional groups attached to an aromatic ring is 2. The van der Waals surface area contributed by atoms with Gasteiger partial charge in [0.05, 0.1) is 31.3 Å². The number of carbonyl (C=O) groups excluding carboxylic acids is 1. The number of aliphatic hydroxyl groups is 1. The summed E-state index contributed by atoms with van der Waals surface area (Å²) in [6.45, 7) is -1.70. The maximum absolute atomic E-state index is 16.3. The van der Waals surface area contributed by atoms with Gasteiger partial charge < -0.3 is 35.7 Å². The van der Waals surface area contributed by atoms with Crippen LogP contribution in [0, 0.1) is 5.41 Å². The summed E-state index contributed by atoms with van der Waals surface area (Å²) >= 11 is 0.369. The van der Waals surface area contributed by atoms with Crippen molar-refractivity contribution in [1.82, 2.24) is 39.0 Å². The Bertz CT molecular complexity index is 2320. The van der Waals surface area contributed by atoms with Gasteiger partial charge in [0, 0.05) is 11.4 Å². The molecular formula is C26H33FN10O14P2S. The van der Waals surface area contributed by atoms with Crippen LogP contribution in [0.4, 0.5) is 16.3 Å². The van der Waals surface area contributed by atoms with Crippen LogP contribution in [0.3, 0.4) is 0 Å². The van der Waals surface area contributed by atoms with E-state index in [1.165, 1.54) is 0 Å². The van der Waals surface area contributed by atoms with Gasteiger partial charge in [0.25, 0.3) is 11.1 Å². The lowest BCUT2D eigenvalue weighted by atomic mass is 9.98. The van der Waals surface area contributed by atoms with Crippen LogP contribution in [-0.4, -0.2) is 111 Å². The Kier molecular flexibility index (Phi) is 10.0. The number of nitrogens with one attached hydrogen (secondary N) is 2. The highest BCUT2D eigenvalue weighted by Crippen LogP contribution is 2.64. The fraction of sp³-hybridized carbons (Fsp3) is 0.577. The van der Waals surface area contributed by atoms with Gasteiger partial charge in [-0.2, -0.15) is 9.97 Å². The number of carbonyl (C=O) groups is 1. The molecule has 24 nitrogen and oxygen atoms in total. The topological polar surface area (TPSA) is 335 Å². The molecule has 4 aromatic heterocycles. The Morgan fingerprint density at radius 2 is 1.52 bits per heavy atom. The molecule has 0 amide bonds. The van der Waals surface area contributed by atoms with Gasteiger partial charge in [-0.1, -0.05) is 0 Å². The number of H-pyrrole nitrogens is 2. The lowest BCUT2D eigenvalue weighted by molar-refractivity contribution is -0.150. The highest BCUT2D eigenvalue weighted by molar-refractivity contribution is 8.55. The number of ether oxygens (including phenoxy) is 3. The Labute approximate surface area is 304 Å². The molecule has 10 atom stereocenters. The van der Waals surface area contributed by atoms with Gasteiger partial charge >= 0.3 is 20.6 Å². The largest absolute Gasteiger partial charge is 0.472 e. The van der Waals surface area contributed by atoms with Crippen LogP contribution >= 0.6 is 26.0 Å². The number of rotatable bonds is 5. The molecule has 28 heteroatoms. The maximum Gasteiger partial charge on any atom is 0.472 e. The Morgan fingerprint density at radius 1 is 0.963 bits per heavy atom. The zero-order valence-corrected chi connectivity index (χ0v) is 30.8. The lowest BCUT2D eigenvalue weighted by Crippen LogP contribution is -2.35. The molecule has 0 aromatic carbocycles. The van der Waals surface area contributed by atoms with E-state index in [1.807, 2.05) is 0 Å². The van der Waals surface area contributed by atoms with Crippen molar-refractivity contribution in [1.29, 1.82) is 0 Å². The first-order valence-corrected chi connectivity index (χ1v) is 20.5. The number of aromatic amines is 2. The van der Waals surface area contributed by atoms with Crippen molar-refractivity contribution < 1.29 is 60.6 Å². The number of phosphoric acid groups is 1. The molecule has 7 rings (SSSR count). The third-order valence-electron chi connectivity index (χ3n) is 8.35. The number of alkyl halides is 1. The van der Waals surface area contributed by atoms with Crippen molar-refractivity contribution >= 4 is 66.2 Å². The van der Waals surface area contributed by atoms with E-state index in [4.69, 9.17) is 43.8 Å². The number of halogens is 1. The van der Waals surface area contributed by atoms with E-state index in [0.29, 0.717) is 11.4 Å². The predicted molar refractivity (Wildman–Crippen MR) is 181 cm³/mol. The molecule has 0 spiro atoms. The summed E-state index contributed by atoms with van der Waals surface area (Å²) in [4.78, 5) is 68.7. The van der Waals surface area contributed by atoms with E-state index in [2.05, 4.69) is 29.9 Å². The number of aliphatic hydroxyl groups excluding tert-OH is 1. The highest BCUT2D eigenvalue weighted by Gasteiger charge is 2.55. The first kappa shape index (κ1) is 38.5. The third-order valence-corrected chi connectivity index (χ3v) is 12.7. The van der Waals surface area contributed by atoms with E-state index in [1.54, 1.807) is 20.8 Å². The molecule has 6 unspecified atom stereocenters. The summed E-state index contributed by atoms with van der Waals surface area (Å²) in [7, 11) is -5.24. The first-order chi connectivity index (χ1) is 25.3. The van der Waals surface area contributed by atoms with E-state index < -0.39 is 105 Å². The summed E-state index contributed by atoms with van der Waals surface area (Å²) in [6, 6.07) is 0. The second kappa shape index (κ2) is 14.0. The molecule has 0 aliphatic carbocycles. The van der Waals surface area contributed by atoms with Crippen molar-refractivity contribution in [2.45, 2.75) is 69.9 Å². The van der Waals surface area contributed by atoms with Gasteiger partial charge in [-0.3, -0.25) is 51.6 Å². The quantitative estimate of drug-likeness (QED) is 0.0890. The summed E-state index contributed by atoms with van der Waals surface area (Å²) in [5.74, 6) is -1.92.